The third-order valence-electron chi connectivity index (χ3n) is 2.54. The molecular weight excluding hydrogens is 324 g/mol. The Hall–Kier alpha value is -1.14. The molecule has 0 aliphatic heterocycles. The summed E-state index contributed by atoms with van der Waals surface area (Å²) in [5.74, 6) is 0.503. The van der Waals surface area contributed by atoms with Crippen molar-refractivity contribution in [3.63, 3.8) is 0 Å². The molecule has 0 radical (unpaired) electrons. The van der Waals surface area contributed by atoms with Gasteiger partial charge in [0.1, 0.15) is 11.4 Å². The predicted molar refractivity (Wildman–Crippen MR) is 81.8 cm³/mol. The normalized spacial score (nSPS) is 12.9. The molecule has 0 saturated carbocycles. The van der Waals surface area contributed by atoms with Crippen molar-refractivity contribution in [1.82, 2.24) is 4.98 Å². The lowest BCUT2D eigenvalue weighted by molar-refractivity contribution is 0.0562. The Balaban J connectivity index is 3.02. The molecule has 5 nitrogen and oxygen atoms in total. The molecule has 6 heteroatoms. The highest BCUT2D eigenvalue weighted by Crippen LogP contribution is 2.21. The number of rotatable bonds is 4. The molecule has 20 heavy (non-hydrogen) atoms. The van der Waals surface area contributed by atoms with Gasteiger partial charge in [-0.1, -0.05) is 0 Å². The van der Waals surface area contributed by atoms with Gasteiger partial charge in [-0.2, -0.15) is 0 Å². The van der Waals surface area contributed by atoms with Crippen molar-refractivity contribution in [2.75, 3.05) is 11.5 Å². The Labute approximate surface area is 128 Å². The monoisotopic (exact) mass is 344 g/mol. The summed E-state index contributed by atoms with van der Waals surface area (Å²) in [7, 11) is 0. The summed E-state index contributed by atoms with van der Waals surface area (Å²) in [5, 5.41) is 9.08. The molecule has 1 unspecified atom stereocenters. The van der Waals surface area contributed by atoms with E-state index in [1.165, 1.54) is 4.90 Å². The number of aromatic nitrogens is 1. The van der Waals surface area contributed by atoms with Gasteiger partial charge in [0.05, 0.1) is 0 Å². The van der Waals surface area contributed by atoms with E-state index in [1.54, 1.807) is 12.3 Å². The van der Waals surface area contributed by atoms with Crippen LogP contribution in [-0.2, 0) is 4.74 Å². The molecule has 1 rings (SSSR count). The lowest BCUT2D eigenvalue weighted by Gasteiger charge is -2.30. The SMILES string of the molecule is CC(CCO)N(C(=O)OC(C)(C)C)c1ccc(Br)cn1. The topological polar surface area (TPSA) is 62.7 Å². The maximum Gasteiger partial charge on any atom is 0.416 e. The number of carbonyl (C=O) groups excluding carboxylic acids is 1. The van der Waals surface area contributed by atoms with E-state index in [0.29, 0.717) is 12.2 Å². The molecule has 0 aliphatic rings. The quantitative estimate of drug-likeness (QED) is 0.909. The van der Waals surface area contributed by atoms with Crippen LogP contribution in [0.2, 0.25) is 0 Å². The van der Waals surface area contributed by atoms with Gasteiger partial charge in [0.25, 0.3) is 0 Å². The Morgan fingerprint density at radius 2 is 2.15 bits per heavy atom. The minimum Gasteiger partial charge on any atom is -0.443 e. The second-order valence-electron chi connectivity index (χ2n) is 5.55. The number of aliphatic hydroxyl groups is 1. The van der Waals surface area contributed by atoms with Crippen LogP contribution in [-0.4, -0.2) is 34.4 Å². The molecule has 0 aromatic carbocycles. The van der Waals surface area contributed by atoms with Crippen LogP contribution in [0.4, 0.5) is 10.6 Å². The van der Waals surface area contributed by atoms with Crippen LogP contribution < -0.4 is 4.90 Å². The van der Waals surface area contributed by atoms with Crippen LogP contribution in [0.5, 0.6) is 0 Å². The van der Waals surface area contributed by atoms with Crippen molar-refractivity contribution in [1.29, 1.82) is 0 Å². The average molecular weight is 345 g/mol. The number of hydrogen-bond donors (Lipinski definition) is 1. The fourth-order valence-corrected chi connectivity index (χ4v) is 1.87. The number of ether oxygens (including phenoxy) is 1. The summed E-state index contributed by atoms with van der Waals surface area (Å²) in [6, 6.07) is 3.34. The highest BCUT2D eigenvalue weighted by molar-refractivity contribution is 9.10. The van der Waals surface area contributed by atoms with Gasteiger partial charge in [0.15, 0.2) is 0 Å². The maximum absolute atomic E-state index is 12.3. The number of aliphatic hydroxyl groups excluding tert-OH is 1. The number of halogens is 1. The summed E-state index contributed by atoms with van der Waals surface area (Å²) in [6.45, 7) is 7.29. The number of hydrogen-bond acceptors (Lipinski definition) is 4. The molecule has 112 valence electrons. The molecule has 0 saturated heterocycles. The van der Waals surface area contributed by atoms with E-state index in [-0.39, 0.29) is 12.6 Å². The Morgan fingerprint density at radius 3 is 2.60 bits per heavy atom. The summed E-state index contributed by atoms with van der Waals surface area (Å²) in [6.07, 6.45) is 1.61. The van der Waals surface area contributed by atoms with Gasteiger partial charge in [0.2, 0.25) is 0 Å². The summed E-state index contributed by atoms with van der Waals surface area (Å²) in [4.78, 5) is 18.0. The van der Waals surface area contributed by atoms with Crippen LogP contribution in [0.25, 0.3) is 0 Å². The molecule has 0 bridgehead atoms. The van der Waals surface area contributed by atoms with E-state index in [2.05, 4.69) is 20.9 Å². The molecule has 1 atom stereocenters. The zero-order chi connectivity index (χ0) is 15.3. The van der Waals surface area contributed by atoms with Crippen LogP contribution >= 0.6 is 15.9 Å². The van der Waals surface area contributed by atoms with E-state index >= 15 is 0 Å². The molecule has 0 spiro atoms. The highest BCUT2D eigenvalue weighted by Gasteiger charge is 2.28. The minimum atomic E-state index is -0.580. The number of nitrogens with zero attached hydrogens (tertiary/aromatic N) is 2. The zero-order valence-corrected chi connectivity index (χ0v) is 13.8. The van der Waals surface area contributed by atoms with E-state index in [9.17, 15) is 4.79 Å². The van der Waals surface area contributed by atoms with Crippen molar-refractivity contribution in [3.05, 3.63) is 22.8 Å². The van der Waals surface area contributed by atoms with Gasteiger partial charge in [0, 0.05) is 23.3 Å². The van der Waals surface area contributed by atoms with Crippen LogP contribution in [0.1, 0.15) is 34.1 Å². The van der Waals surface area contributed by atoms with Crippen molar-refractivity contribution in [3.8, 4) is 0 Å². The number of pyridine rings is 1. The average Bonchev–Trinajstić information content (AvgIpc) is 2.30. The fourth-order valence-electron chi connectivity index (χ4n) is 1.64. The Kier molecular flexibility index (Phi) is 5.95. The summed E-state index contributed by atoms with van der Waals surface area (Å²) < 4.78 is 6.24. The van der Waals surface area contributed by atoms with Gasteiger partial charge < -0.3 is 9.84 Å². The molecule has 1 N–H and O–H groups in total. The van der Waals surface area contributed by atoms with E-state index in [1.807, 2.05) is 33.8 Å². The second kappa shape index (κ2) is 7.04. The first kappa shape index (κ1) is 16.9. The number of carbonyl (C=O) groups is 1. The largest absolute Gasteiger partial charge is 0.443 e. The van der Waals surface area contributed by atoms with Crippen molar-refractivity contribution in [2.45, 2.75) is 45.8 Å². The van der Waals surface area contributed by atoms with Crippen LogP contribution in [0.15, 0.2) is 22.8 Å². The highest BCUT2D eigenvalue weighted by atomic mass is 79.9. The molecule has 0 aliphatic carbocycles. The van der Waals surface area contributed by atoms with E-state index in [0.717, 1.165) is 4.47 Å². The van der Waals surface area contributed by atoms with Gasteiger partial charge in [-0.25, -0.2) is 9.78 Å². The standard InChI is InChI=1S/C14H21BrN2O3/c1-10(7-8-18)17(13(19)20-14(2,3)4)12-6-5-11(15)9-16-12/h5-6,9-10,18H,7-8H2,1-4H3. The van der Waals surface area contributed by atoms with E-state index < -0.39 is 11.7 Å². The minimum absolute atomic E-state index is 0.00298. The molecule has 1 aromatic heterocycles. The second-order valence-corrected chi connectivity index (χ2v) is 6.46. The smallest absolute Gasteiger partial charge is 0.416 e. The van der Waals surface area contributed by atoms with Crippen molar-refractivity contribution in [2.24, 2.45) is 0 Å². The van der Waals surface area contributed by atoms with Crippen LogP contribution in [0.3, 0.4) is 0 Å². The van der Waals surface area contributed by atoms with Crippen LogP contribution in [0, 0.1) is 0 Å². The molecular formula is C14H21BrN2O3. The Morgan fingerprint density at radius 1 is 1.50 bits per heavy atom. The molecule has 0 fully saturated rings. The summed E-state index contributed by atoms with van der Waals surface area (Å²) >= 11 is 3.31. The molecule has 1 amide bonds. The Bertz CT molecular complexity index is 443. The third-order valence-corrected chi connectivity index (χ3v) is 3.01. The first-order valence-corrected chi connectivity index (χ1v) is 7.28. The van der Waals surface area contributed by atoms with Gasteiger partial charge in [-0.3, -0.25) is 4.90 Å². The zero-order valence-electron chi connectivity index (χ0n) is 12.3. The van der Waals surface area contributed by atoms with Gasteiger partial charge in [-0.05, 0) is 62.2 Å². The lowest BCUT2D eigenvalue weighted by atomic mass is 10.2. The maximum atomic E-state index is 12.3. The van der Waals surface area contributed by atoms with E-state index in [4.69, 9.17) is 9.84 Å². The first-order valence-electron chi connectivity index (χ1n) is 6.49. The van der Waals surface area contributed by atoms with Crippen molar-refractivity contribution < 1.29 is 14.6 Å². The summed E-state index contributed by atoms with van der Waals surface area (Å²) in [5.41, 5.74) is -0.580. The first-order chi connectivity index (χ1) is 9.24. The fraction of sp³-hybridized carbons (Fsp3) is 0.571. The van der Waals surface area contributed by atoms with Crippen molar-refractivity contribution >= 4 is 27.8 Å². The lowest BCUT2D eigenvalue weighted by Crippen LogP contribution is -2.43. The predicted octanol–water partition coefficient (Wildman–Crippen LogP) is 3.36. The number of amides is 1. The molecule has 1 aromatic rings. The van der Waals surface area contributed by atoms with Gasteiger partial charge >= 0.3 is 6.09 Å². The third kappa shape index (κ3) is 5.09. The molecule has 1 heterocycles. The number of anilines is 1. The van der Waals surface area contributed by atoms with Gasteiger partial charge in [-0.15, -0.1) is 0 Å².